The van der Waals surface area contributed by atoms with E-state index in [2.05, 4.69) is 104 Å². The van der Waals surface area contributed by atoms with Crippen LogP contribution in [-0.4, -0.2) is 61.3 Å². The first-order chi connectivity index (χ1) is 13.5. The van der Waals surface area contributed by atoms with Gasteiger partial charge in [-0.05, 0) is 83.1 Å². The van der Waals surface area contributed by atoms with E-state index in [-0.39, 0.29) is 15.5 Å². The topological polar surface area (TPSA) is 32.8 Å². The minimum atomic E-state index is -0.558. The Kier molecular flexibility index (Phi) is 13.7. The third-order valence-corrected chi connectivity index (χ3v) is 12.5. The molecule has 0 radical (unpaired) electrons. The molecule has 0 heterocycles. The van der Waals surface area contributed by atoms with Crippen molar-refractivity contribution in [3.63, 3.8) is 0 Å². The van der Waals surface area contributed by atoms with E-state index in [0.29, 0.717) is 42.9 Å². The van der Waals surface area contributed by atoms with Crippen LogP contribution >= 0.6 is 30.6 Å². The molecule has 0 aliphatic carbocycles. The Morgan fingerprint density at radius 2 is 1.27 bits per heavy atom. The lowest BCUT2D eigenvalue weighted by Crippen LogP contribution is -2.43. The van der Waals surface area contributed by atoms with E-state index in [1.807, 2.05) is 6.92 Å². The fourth-order valence-electron chi connectivity index (χ4n) is 3.21. The van der Waals surface area contributed by atoms with Gasteiger partial charge in [0, 0.05) is 41.1 Å². The van der Waals surface area contributed by atoms with E-state index in [0.717, 1.165) is 0 Å². The maximum absolute atomic E-state index is 11.7. The first-order valence-electron chi connectivity index (χ1n) is 11.4. The number of thioether (sulfide) groups is 1. The van der Waals surface area contributed by atoms with Gasteiger partial charge in [0.1, 0.15) is 7.42 Å². The highest BCUT2D eigenvalue weighted by Gasteiger charge is 2.38. The zero-order valence-corrected chi connectivity index (χ0v) is 24.4. The summed E-state index contributed by atoms with van der Waals surface area (Å²) in [6.45, 7) is 29.8. The molecule has 0 fully saturated rings. The van der Waals surface area contributed by atoms with E-state index < -0.39 is 7.42 Å². The Balaban J connectivity index is 5.51. The predicted molar refractivity (Wildman–Crippen MR) is 141 cm³/mol. The number of nitrogens with zero attached hydrogens (tertiary/aromatic N) is 2. The third kappa shape index (κ3) is 11.0. The lowest BCUT2D eigenvalue weighted by molar-refractivity contribution is -0.110. The summed E-state index contributed by atoms with van der Waals surface area (Å²) in [4.78, 5) is 11.7. The van der Waals surface area contributed by atoms with Gasteiger partial charge in [-0.25, -0.2) is 0 Å². The van der Waals surface area contributed by atoms with Gasteiger partial charge >= 0.3 is 0 Å². The lowest BCUT2D eigenvalue weighted by Gasteiger charge is -2.48. The summed E-state index contributed by atoms with van der Waals surface area (Å²) < 4.78 is 11.7. The second-order valence-electron chi connectivity index (χ2n) is 10.3. The molecule has 0 unspecified atom stereocenters. The minimum Gasteiger partial charge on any atom is -0.373 e. The van der Waals surface area contributed by atoms with Crippen LogP contribution in [0.5, 0.6) is 0 Å². The summed E-state index contributed by atoms with van der Waals surface area (Å²) in [6, 6.07) is 1.92. The summed E-state index contributed by atoms with van der Waals surface area (Å²) in [5.74, 6) is 0.698. The standard InChI is InChI=1S/C23H49N2O2PS2/c1-14-21(26)29-16-22(10,11)27-15-23(12,13)30-28(24(17(2)3)18(4)5)25(19(6)7)20(8)9/h17-20H,14-16H2,1-13H3. The number of rotatable bonds is 14. The van der Waals surface area contributed by atoms with Crippen molar-refractivity contribution >= 4 is 35.7 Å². The van der Waals surface area contributed by atoms with Crippen molar-refractivity contribution in [2.45, 2.75) is 131 Å². The monoisotopic (exact) mass is 480 g/mol. The lowest BCUT2D eigenvalue weighted by atomic mass is 10.1. The quantitative estimate of drug-likeness (QED) is 0.240. The molecule has 0 saturated carbocycles. The number of hydrogen-bond acceptors (Lipinski definition) is 6. The predicted octanol–water partition coefficient (Wildman–Crippen LogP) is 7.43. The molecule has 0 aliphatic rings. The molecule has 0 saturated heterocycles. The van der Waals surface area contributed by atoms with E-state index in [9.17, 15) is 4.79 Å². The average Bonchev–Trinajstić information content (AvgIpc) is 2.56. The summed E-state index contributed by atoms with van der Waals surface area (Å²) in [5.41, 5.74) is -0.318. The van der Waals surface area contributed by atoms with Crippen molar-refractivity contribution in [3.05, 3.63) is 0 Å². The third-order valence-electron chi connectivity index (χ3n) is 4.52. The van der Waals surface area contributed by atoms with Gasteiger partial charge in [-0.3, -0.25) is 14.1 Å². The molecule has 0 atom stereocenters. The van der Waals surface area contributed by atoms with Crippen LogP contribution in [0.25, 0.3) is 0 Å². The zero-order valence-electron chi connectivity index (χ0n) is 21.9. The van der Waals surface area contributed by atoms with Crippen LogP contribution in [0.3, 0.4) is 0 Å². The molecule has 0 aromatic rings. The smallest absolute Gasteiger partial charge is 0.188 e. The van der Waals surface area contributed by atoms with E-state index in [4.69, 9.17) is 4.74 Å². The normalized spacial score (nSPS) is 13.9. The Bertz CT molecular complexity index is 475. The molecule has 0 aromatic carbocycles. The highest BCUT2D eigenvalue weighted by atomic mass is 32.7. The van der Waals surface area contributed by atoms with E-state index in [1.54, 1.807) is 0 Å². The molecule has 7 heteroatoms. The van der Waals surface area contributed by atoms with Gasteiger partial charge in [-0.2, -0.15) is 0 Å². The van der Waals surface area contributed by atoms with Crippen molar-refractivity contribution in [2.24, 2.45) is 0 Å². The van der Waals surface area contributed by atoms with Gasteiger partial charge in [0.05, 0.1) is 12.2 Å². The Morgan fingerprint density at radius 1 is 0.867 bits per heavy atom. The molecule has 0 spiro atoms. The van der Waals surface area contributed by atoms with Crippen molar-refractivity contribution in [1.82, 2.24) is 9.34 Å². The van der Waals surface area contributed by atoms with Gasteiger partial charge < -0.3 is 4.74 Å². The van der Waals surface area contributed by atoms with Crippen molar-refractivity contribution < 1.29 is 9.53 Å². The van der Waals surface area contributed by atoms with Gasteiger partial charge in [-0.15, -0.1) is 0 Å². The van der Waals surface area contributed by atoms with Gasteiger partial charge in [0.25, 0.3) is 0 Å². The summed E-state index contributed by atoms with van der Waals surface area (Å²) >= 11 is 3.45. The first kappa shape index (κ1) is 30.7. The average molecular weight is 481 g/mol. The van der Waals surface area contributed by atoms with Crippen LogP contribution in [0.4, 0.5) is 0 Å². The zero-order chi connectivity index (χ0) is 23.9. The van der Waals surface area contributed by atoms with Gasteiger partial charge in [-0.1, -0.05) is 30.1 Å². The molecule has 0 N–H and O–H groups in total. The first-order valence-corrected chi connectivity index (χ1v) is 15.1. The highest BCUT2D eigenvalue weighted by Crippen LogP contribution is 2.63. The fourth-order valence-corrected chi connectivity index (χ4v) is 10.9. The van der Waals surface area contributed by atoms with Crippen LogP contribution in [0.2, 0.25) is 0 Å². The highest BCUT2D eigenvalue weighted by molar-refractivity contribution is 8.54. The molecular formula is C23H49N2O2PS2. The SMILES string of the molecule is CCC(=O)SCC(C)(C)OCC(C)(C)SP(N(C(C)C)C(C)C)N(C(C)C)C(C)C. The molecule has 4 nitrogen and oxygen atoms in total. The largest absolute Gasteiger partial charge is 0.373 e. The maximum atomic E-state index is 11.7. The van der Waals surface area contributed by atoms with Crippen molar-refractivity contribution in [2.75, 3.05) is 12.4 Å². The number of ether oxygens (including phenoxy) is 1. The molecular weight excluding hydrogens is 431 g/mol. The van der Waals surface area contributed by atoms with Crippen LogP contribution in [0.1, 0.15) is 96.4 Å². The van der Waals surface area contributed by atoms with Gasteiger partial charge in [0.15, 0.2) is 5.12 Å². The maximum Gasteiger partial charge on any atom is 0.188 e. The summed E-state index contributed by atoms with van der Waals surface area (Å²) in [6.07, 6.45) is 0.576. The Labute approximate surface area is 197 Å². The Hall–Kier alpha value is 0.680. The molecule has 30 heavy (non-hydrogen) atoms. The molecule has 0 aliphatic heterocycles. The molecule has 0 aromatic heterocycles. The molecule has 0 rings (SSSR count). The van der Waals surface area contributed by atoms with Gasteiger partial charge in [0.2, 0.25) is 0 Å². The Morgan fingerprint density at radius 3 is 1.60 bits per heavy atom. The van der Waals surface area contributed by atoms with Crippen LogP contribution < -0.4 is 0 Å². The number of carbonyl (C=O) groups is 1. The summed E-state index contributed by atoms with van der Waals surface area (Å²) in [5, 5.41) is 0.234. The van der Waals surface area contributed by atoms with Crippen LogP contribution in [0, 0.1) is 0 Å². The second kappa shape index (κ2) is 13.4. The second-order valence-corrected chi connectivity index (χ2v) is 15.6. The van der Waals surface area contributed by atoms with Crippen molar-refractivity contribution in [1.29, 1.82) is 0 Å². The van der Waals surface area contributed by atoms with E-state index in [1.165, 1.54) is 11.8 Å². The fraction of sp³-hybridized carbons (Fsp3) is 0.957. The van der Waals surface area contributed by atoms with Crippen molar-refractivity contribution in [3.8, 4) is 0 Å². The molecule has 0 amide bonds. The van der Waals surface area contributed by atoms with Crippen LogP contribution in [-0.2, 0) is 9.53 Å². The number of carbonyl (C=O) groups excluding carboxylic acids is 1. The minimum absolute atomic E-state index is 0.0353. The molecule has 180 valence electrons. The molecule has 0 bridgehead atoms. The van der Waals surface area contributed by atoms with Crippen LogP contribution in [0.15, 0.2) is 0 Å². The van der Waals surface area contributed by atoms with E-state index >= 15 is 0 Å². The summed E-state index contributed by atoms with van der Waals surface area (Å²) in [7, 11) is -0.558. The number of hydrogen-bond donors (Lipinski definition) is 0.